The molecule has 1 fully saturated rings. The standard InChI is InChI=1S/C12H17NO/c1-2-12(9-13-8-11(12)14)10-6-4-3-5-7-10/h3-7,11,13-14H,2,8-9H2,1H3. The van der Waals surface area contributed by atoms with Crippen LogP contribution in [0, 0.1) is 0 Å². The van der Waals surface area contributed by atoms with E-state index >= 15 is 0 Å². The maximum atomic E-state index is 10.0. The number of aliphatic hydroxyl groups excluding tert-OH is 1. The van der Waals surface area contributed by atoms with Crippen LogP contribution in [0.25, 0.3) is 0 Å². The molecule has 0 amide bonds. The van der Waals surface area contributed by atoms with E-state index in [9.17, 15) is 5.11 Å². The lowest BCUT2D eigenvalue weighted by atomic mass is 9.75. The number of aliphatic hydroxyl groups is 1. The minimum atomic E-state index is -0.255. The molecule has 0 bridgehead atoms. The van der Waals surface area contributed by atoms with Crippen LogP contribution in [-0.4, -0.2) is 24.3 Å². The average Bonchev–Trinajstić information content (AvgIpc) is 2.62. The third-order valence-corrected chi connectivity index (χ3v) is 3.40. The van der Waals surface area contributed by atoms with Crippen LogP contribution in [0.4, 0.5) is 0 Å². The van der Waals surface area contributed by atoms with E-state index in [0.29, 0.717) is 6.54 Å². The quantitative estimate of drug-likeness (QED) is 0.738. The summed E-state index contributed by atoms with van der Waals surface area (Å²) in [6, 6.07) is 10.3. The normalized spacial score (nSPS) is 32.0. The van der Waals surface area contributed by atoms with Crippen LogP contribution in [0.1, 0.15) is 18.9 Å². The highest BCUT2D eigenvalue weighted by Gasteiger charge is 2.41. The minimum absolute atomic E-state index is 0.0682. The second-order valence-corrected chi connectivity index (χ2v) is 4.02. The van der Waals surface area contributed by atoms with Gasteiger partial charge in [-0.25, -0.2) is 0 Å². The fourth-order valence-corrected chi connectivity index (χ4v) is 2.37. The van der Waals surface area contributed by atoms with E-state index < -0.39 is 0 Å². The molecule has 2 nitrogen and oxygen atoms in total. The second-order valence-electron chi connectivity index (χ2n) is 4.02. The molecule has 1 heterocycles. The average molecular weight is 191 g/mol. The molecule has 1 aliphatic heterocycles. The Morgan fingerprint density at radius 1 is 1.43 bits per heavy atom. The first-order valence-electron chi connectivity index (χ1n) is 5.24. The van der Waals surface area contributed by atoms with Gasteiger partial charge in [0.25, 0.3) is 0 Å². The first-order valence-corrected chi connectivity index (χ1v) is 5.24. The molecule has 1 aromatic rings. The highest BCUT2D eigenvalue weighted by molar-refractivity contribution is 5.29. The minimum Gasteiger partial charge on any atom is -0.391 e. The van der Waals surface area contributed by atoms with Crippen molar-refractivity contribution in [2.75, 3.05) is 13.1 Å². The Balaban J connectivity index is 2.38. The van der Waals surface area contributed by atoms with Crippen LogP contribution >= 0.6 is 0 Å². The van der Waals surface area contributed by atoms with E-state index in [2.05, 4.69) is 24.4 Å². The predicted octanol–water partition coefficient (Wildman–Crippen LogP) is 1.30. The zero-order valence-electron chi connectivity index (χ0n) is 8.53. The third kappa shape index (κ3) is 1.35. The van der Waals surface area contributed by atoms with Gasteiger partial charge in [0, 0.05) is 18.5 Å². The topological polar surface area (TPSA) is 32.3 Å². The highest BCUT2D eigenvalue weighted by atomic mass is 16.3. The molecule has 14 heavy (non-hydrogen) atoms. The summed E-state index contributed by atoms with van der Waals surface area (Å²) in [5.41, 5.74) is 1.18. The van der Waals surface area contributed by atoms with Crippen molar-refractivity contribution >= 4 is 0 Å². The third-order valence-electron chi connectivity index (χ3n) is 3.40. The maximum absolute atomic E-state index is 10.0. The molecule has 1 aromatic carbocycles. The molecule has 0 spiro atoms. The van der Waals surface area contributed by atoms with E-state index in [1.165, 1.54) is 5.56 Å². The fourth-order valence-electron chi connectivity index (χ4n) is 2.37. The van der Waals surface area contributed by atoms with E-state index in [-0.39, 0.29) is 11.5 Å². The van der Waals surface area contributed by atoms with Crippen molar-refractivity contribution in [3.63, 3.8) is 0 Å². The molecule has 1 aliphatic rings. The summed E-state index contributed by atoms with van der Waals surface area (Å²) in [4.78, 5) is 0. The van der Waals surface area contributed by atoms with Gasteiger partial charge in [-0.15, -0.1) is 0 Å². The van der Waals surface area contributed by atoms with Crippen molar-refractivity contribution in [2.45, 2.75) is 24.9 Å². The molecule has 2 atom stereocenters. The largest absolute Gasteiger partial charge is 0.391 e. The lowest BCUT2D eigenvalue weighted by Gasteiger charge is -2.31. The van der Waals surface area contributed by atoms with Gasteiger partial charge in [0.15, 0.2) is 0 Å². The molecule has 2 rings (SSSR count). The zero-order valence-corrected chi connectivity index (χ0v) is 8.53. The van der Waals surface area contributed by atoms with Crippen LogP contribution in [0.5, 0.6) is 0 Å². The van der Waals surface area contributed by atoms with Crippen LogP contribution in [0.3, 0.4) is 0 Å². The van der Waals surface area contributed by atoms with Crippen molar-refractivity contribution in [1.29, 1.82) is 0 Å². The van der Waals surface area contributed by atoms with Crippen LogP contribution in [0.2, 0.25) is 0 Å². The summed E-state index contributed by atoms with van der Waals surface area (Å²) in [6.45, 7) is 3.74. The van der Waals surface area contributed by atoms with Crippen molar-refractivity contribution in [1.82, 2.24) is 5.32 Å². The van der Waals surface area contributed by atoms with Gasteiger partial charge in [-0.2, -0.15) is 0 Å². The Hall–Kier alpha value is -0.860. The number of rotatable bonds is 2. The summed E-state index contributed by atoms with van der Waals surface area (Å²) in [5, 5.41) is 13.3. The number of benzene rings is 1. The molecule has 0 radical (unpaired) electrons. The summed E-state index contributed by atoms with van der Waals surface area (Å²) in [7, 11) is 0. The SMILES string of the molecule is CCC1(c2ccccc2)CNCC1O. The monoisotopic (exact) mass is 191 g/mol. The van der Waals surface area contributed by atoms with Crippen molar-refractivity contribution in [2.24, 2.45) is 0 Å². The molecular formula is C12H17NO. The lowest BCUT2D eigenvalue weighted by molar-refractivity contribution is 0.119. The summed E-state index contributed by atoms with van der Waals surface area (Å²) >= 11 is 0. The summed E-state index contributed by atoms with van der Waals surface area (Å²) in [5.74, 6) is 0. The molecule has 0 aromatic heterocycles. The van der Waals surface area contributed by atoms with Gasteiger partial charge in [0.2, 0.25) is 0 Å². The zero-order chi connectivity index (χ0) is 10.0. The van der Waals surface area contributed by atoms with Gasteiger partial charge in [0.05, 0.1) is 6.10 Å². The highest BCUT2D eigenvalue weighted by Crippen LogP contribution is 2.33. The summed E-state index contributed by atoms with van der Waals surface area (Å²) < 4.78 is 0. The van der Waals surface area contributed by atoms with E-state index in [1.54, 1.807) is 0 Å². The van der Waals surface area contributed by atoms with E-state index in [4.69, 9.17) is 0 Å². The van der Waals surface area contributed by atoms with Crippen LogP contribution < -0.4 is 5.32 Å². The summed E-state index contributed by atoms with van der Waals surface area (Å²) in [6.07, 6.45) is 0.723. The van der Waals surface area contributed by atoms with Crippen LogP contribution in [-0.2, 0) is 5.41 Å². The molecule has 2 heteroatoms. The molecule has 0 aliphatic carbocycles. The van der Waals surface area contributed by atoms with Gasteiger partial charge in [0.1, 0.15) is 0 Å². The predicted molar refractivity (Wildman–Crippen MR) is 57.3 cm³/mol. The number of nitrogens with one attached hydrogen (secondary N) is 1. The lowest BCUT2D eigenvalue weighted by Crippen LogP contribution is -2.38. The Kier molecular flexibility index (Phi) is 2.57. The van der Waals surface area contributed by atoms with E-state index in [1.807, 2.05) is 18.2 Å². The van der Waals surface area contributed by atoms with E-state index in [0.717, 1.165) is 13.0 Å². The first-order chi connectivity index (χ1) is 6.79. The smallest absolute Gasteiger partial charge is 0.0773 e. The van der Waals surface area contributed by atoms with Gasteiger partial charge in [-0.3, -0.25) is 0 Å². The Morgan fingerprint density at radius 2 is 2.14 bits per heavy atom. The molecule has 2 N–H and O–H groups in total. The van der Waals surface area contributed by atoms with Crippen molar-refractivity contribution < 1.29 is 5.11 Å². The Morgan fingerprint density at radius 3 is 2.64 bits per heavy atom. The fraction of sp³-hybridized carbons (Fsp3) is 0.500. The van der Waals surface area contributed by atoms with Gasteiger partial charge >= 0.3 is 0 Å². The Labute approximate surface area is 85.0 Å². The Bertz CT molecular complexity index is 298. The molecule has 0 saturated carbocycles. The van der Waals surface area contributed by atoms with Gasteiger partial charge in [-0.1, -0.05) is 37.3 Å². The van der Waals surface area contributed by atoms with Crippen molar-refractivity contribution in [3.05, 3.63) is 35.9 Å². The number of hydrogen-bond acceptors (Lipinski definition) is 2. The molecule has 76 valence electrons. The van der Waals surface area contributed by atoms with Gasteiger partial charge in [-0.05, 0) is 12.0 Å². The van der Waals surface area contributed by atoms with Crippen LogP contribution in [0.15, 0.2) is 30.3 Å². The molecule has 2 unspecified atom stereocenters. The number of hydrogen-bond donors (Lipinski definition) is 2. The van der Waals surface area contributed by atoms with Crippen molar-refractivity contribution in [3.8, 4) is 0 Å². The molecular weight excluding hydrogens is 174 g/mol. The maximum Gasteiger partial charge on any atom is 0.0773 e. The molecule has 1 saturated heterocycles. The second kappa shape index (κ2) is 3.71. The van der Waals surface area contributed by atoms with Gasteiger partial charge < -0.3 is 10.4 Å². The first kappa shape index (κ1) is 9.69. The number of β-amino-alcohol motifs (C(OH)–C–C–N with tert-alkyl or cyclic N) is 1.